The minimum absolute atomic E-state index is 0.0293. The molecule has 0 saturated carbocycles. The molecule has 0 N–H and O–H groups in total. The Balaban J connectivity index is 1.53. The Morgan fingerprint density at radius 1 is 1.00 bits per heavy atom. The SMILES string of the molecule is Cc1cc(-c2ccc(F)cc2F)n(S(=O)(=O)c2cccc(N3CC4COCC4C3)c2)c1. The van der Waals surface area contributed by atoms with Gasteiger partial charge < -0.3 is 9.64 Å². The van der Waals surface area contributed by atoms with Gasteiger partial charge in [0.25, 0.3) is 10.0 Å². The lowest BCUT2D eigenvalue weighted by Gasteiger charge is -2.20. The maximum Gasteiger partial charge on any atom is 0.268 e. The lowest BCUT2D eigenvalue weighted by molar-refractivity contribution is 0.177. The van der Waals surface area contributed by atoms with Crippen LogP contribution in [-0.2, 0) is 14.8 Å². The maximum atomic E-state index is 14.4. The van der Waals surface area contributed by atoms with Crippen molar-refractivity contribution in [1.29, 1.82) is 0 Å². The number of aryl methyl sites for hydroxylation is 1. The van der Waals surface area contributed by atoms with Crippen LogP contribution in [-0.4, -0.2) is 38.7 Å². The number of ether oxygens (including phenoxy) is 1. The molecule has 2 fully saturated rings. The molecule has 3 aromatic rings. The highest BCUT2D eigenvalue weighted by atomic mass is 32.2. The topological polar surface area (TPSA) is 51.5 Å². The average Bonchev–Trinajstić information content (AvgIpc) is 3.43. The van der Waals surface area contributed by atoms with E-state index in [9.17, 15) is 17.2 Å². The highest BCUT2D eigenvalue weighted by molar-refractivity contribution is 7.90. The van der Waals surface area contributed by atoms with E-state index >= 15 is 0 Å². The summed E-state index contributed by atoms with van der Waals surface area (Å²) in [4.78, 5) is 2.32. The predicted octanol–water partition coefficient (Wildman–Crippen LogP) is 4.06. The Hall–Kier alpha value is -2.71. The van der Waals surface area contributed by atoms with Crippen molar-refractivity contribution in [3.8, 4) is 11.3 Å². The van der Waals surface area contributed by atoms with Crippen LogP contribution in [0.1, 0.15) is 5.56 Å². The van der Waals surface area contributed by atoms with E-state index < -0.39 is 21.7 Å². The highest BCUT2D eigenvalue weighted by Gasteiger charge is 2.37. The van der Waals surface area contributed by atoms with Gasteiger partial charge in [-0.15, -0.1) is 0 Å². The van der Waals surface area contributed by atoms with Crippen molar-refractivity contribution in [3.05, 3.63) is 71.9 Å². The lowest BCUT2D eigenvalue weighted by Crippen LogP contribution is -2.22. The molecule has 31 heavy (non-hydrogen) atoms. The smallest absolute Gasteiger partial charge is 0.268 e. The number of rotatable bonds is 4. The van der Waals surface area contributed by atoms with Crippen molar-refractivity contribution >= 4 is 15.7 Å². The predicted molar refractivity (Wildman–Crippen MR) is 114 cm³/mol. The van der Waals surface area contributed by atoms with Crippen LogP contribution in [0.2, 0.25) is 0 Å². The molecular weight excluding hydrogens is 422 g/mol. The van der Waals surface area contributed by atoms with Crippen LogP contribution in [0.3, 0.4) is 0 Å². The van der Waals surface area contributed by atoms with Crippen molar-refractivity contribution in [3.63, 3.8) is 0 Å². The molecule has 1 aromatic heterocycles. The molecule has 0 radical (unpaired) electrons. The number of hydrogen-bond acceptors (Lipinski definition) is 4. The van der Waals surface area contributed by atoms with Gasteiger partial charge in [0.1, 0.15) is 11.6 Å². The monoisotopic (exact) mass is 444 g/mol. The van der Waals surface area contributed by atoms with Gasteiger partial charge in [-0.25, -0.2) is 21.2 Å². The summed E-state index contributed by atoms with van der Waals surface area (Å²) < 4.78 is 61.4. The molecule has 2 saturated heterocycles. The summed E-state index contributed by atoms with van der Waals surface area (Å²) in [6.07, 6.45) is 1.46. The summed E-state index contributed by atoms with van der Waals surface area (Å²) in [6.45, 7) is 4.90. The van der Waals surface area contributed by atoms with E-state index in [1.54, 1.807) is 31.2 Å². The van der Waals surface area contributed by atoms with Crippen molar-refractivity contribution in [2.24, 2.45) is 11.8 Å². The lowest BCUT2D eigenvalue weighted by atomic mass is 10.0. The molecule has 2 unspecified atom stereocenters. The molecule has 2 aliphatic rings. The molecule has 2 aliphatic heterocycles. The molecule has 0 spiro atoms. The van der Waals surface area contributed by atoms with Crippen molar-refractivity contribution < 1.29 is 21.9 Å². The number of aromatic nitrogens is 1. The third kappa shape index (κ3) is 3.53. The van der Waals surface area contributed by atoms with Crippen molar-refractivity contribution in [2.75, 3.05) is 31.2 Å². The summed E-state index contributed by atoms with van der Waals surface area (Å²) in [7, 11) is -3.99. The number of hydrogen-bond donors (Lipinski definition) is 0. The Bertz CT molecular complexity index is 1240. The Kier molecular flexibility index (Phi) is 4.86. The molecule has 5 rings (SSSR count). The molecule has 8 heteroatoms. The Morgan fingerprint density at radius 3 is 2.45 bits per heavy atom. The molecule has 2 atom stereocenters. The molecule has 3 heterocycles. The third-order valence-electron chi connectivity index (χ3n) is 6.11. The summed E-state index contributed by atoms with van der Waals surface area (Å²) in [5.41, 5.74) is 1.69. The maximum absolute atomic E-state index is 14.4. The summed E-state index contributed by atoms with van der Waals surface area (Å²) in [5, 5.41) is 0. The zero-order valence-electron chi connectivity index (χ0n) is 17.0. The van der Waals surface area contributed by atoms with E-state index in [4.69, 9.17) is 4.74 Å². The zero-order chi connectivity index (χ0) is 21.8. The van der Waals surface area contributed by atoms with Crippen molar-refractivity contribution in [1.82, 2.24) is 3.97 Å². The Morgan fingerprint density at radius 2 is 1.74 bits per heavy atom. The Labute approximate surface area is 179 Å². The normalized spacial score (nSPS) is 20.9. The third-order valence-corrected chi connectivity index (χ3v) is 7.78. The number of anilines is 1. The number of halogens is 2. The first kappa shape index (κ1) is 20.2. The van der Waals surface area contributed by atoms with Crippen LogP contribution in [0.4, 0.5) is 14.5 Å². The largest absolute Gasteiger partial charge is 0.381 e. The van der Waals surface area contributed by atoms with E-state index in [0.29, 0.717) is 17.4 Å². The van der Waals surface area contributed by atoms with Gasteiger partial charge in [0.15, 0.2) is 0 Å². The van der Waals surface area contributed by atoms with E-state index in [2.05, 4.69) is 4.90 Å². The van der Waals surface area contributed by atoms with Crippen LogP contribution in [0, 0.1) is 30.4 Å². The number of fused-ring (bicyclic) bond motifs is 1. The van der Waals surface area contributed by atoms with E-state index in [0.717, 1.165) is 48.1 Å². The quantitative estimate of drug-likeness (QED) is 0.609. The fraction of sp³-hybridized carbons (Fsp3) is 0.304. The van der Waals surface area contributed by atoms with Crippen LogP contribution in [0.25, 0.3) is 11.3 Å². The standard InChI is InChI=1S/C23H22F2N2O3S/c1-15-7-23(21-6-5-18(24)8-22(21)25)27(10-15)31(28,29)20-4-2-3-19(9-20)26-11-16-13-30-14-17(16)12-26/h2-10,16-17H,11-14H2,1H3. The van der Waals surface area contributed by atoms with Crippen LogP contribution in [0.5, 0.6) is 0 Å². The van der Waals surface area contributed by atoms with Gasteiger partial charge in [-0.2, -0.15) is 0 Å². The first-order valence-corrected chi connectivity index (χ1v) is 11.6. The van der Waals surface area contributed by atoms with Gasteiger partial charge >= 0.3 is 0 Å². The minimum atomic E-state index is -3.99. The fourth-order valence-corrected chi connectivity index (χ4v) is 5.98. The van der Waals surface area contributed by atoms with Crippen molar-refractivity contribution in [2.45, 2.75) is 11.8 Å². The van der Waals surface area contributed by atoms with E-state index in [-0.39, 0.29) is 16.2 Å². The first-order chi connectivity index (χ1) is 14.8. The van der Waals surface area contributed by atoms with Gasteiger partial charge in [-0.1, -0.05) is 6.07 Å². The fourth-order valence-electron chi connectivity index (χ4n) is 4.52. The second-order valence-corrected chi connectivity index (χ2v) is 10.1. The van der Waals surface area contributed by atoms with E-state index in [1.165, 1.54) is 12.3 Å². The summed E-state index contributed by atoms with van der Waals surface area (Å²) in [6, 6.07) is 11.5. The molecule has 0 bridgehead atoms. The van der Waals surface area contributed by atoms with Gasteiger partial charge in [0.2, 0.25) is 0 Å². The highest BCUT2D eigenvalue weighted by Crippen LogP contribution is 2.34. The first-order valence-electron chi connectivity index (χ1n) is 10.2. The van der Waals surface area contributed by atoms with Crippen LogP contribution in [0.15, 0.2) is 59.6 Å². The second-order valence-electron chi connectivity index (χ2n) is 8.29. The molecule has 162 valence electrons. The van der Waals surface area contributed by atoms with Crippen LogP contribution >= 0.6 is 0 Å². The minimum Gasteiger partial charge on any atom is -0.381 e. The molecular formula is C23H22F2N2O3S. The molecule has 5 nitrogen and oxygen atoms in total. The molecule has 2 aromatic carbocycles. The average molecular weight is 445 g/mol. The molecule has 0 aliphatic carbocycles. The summed E-state index contributed by atoms with van der Waals surface area (Å²) in [5.74, 6) is -0.581. The summed E-state index contributed by atoms with van der Waals surface area (Å²) >= 11 is 0. The number of benzene rings is 2. The molecule has 0 amide bonds. The van der Waals surface area contributed by atoms with Crippen LogP contribution < -0.4 is 4.90 Å². The van der Waals surface area contributed by atoms with E-state index in [1.807, 2.05) is 6.07 Å². The second kappa shape index (κ2) is 7.46. The zero-order valence-corrected chi connectivity index (χ0v) is 17.8. The van der Waals surface area contributed by atoms with Gasteiger partial charge in [0.05, 0.1) is 23.8 Å². The number of nitrogens with zero attached hydrogens (tertiary/aromatic N) is 2. The van der Waals surface area contributed by atoms with Gasteiger partial charge in [-0.05, 0) is 48.9 Å². The van der Waals surface area contributed by atoms with Gasteiger partial charge in [0, 0.05) is 48.4 Å². The van der Waals surface area contributed by atoms with Gasteiger partial charge in [-0.3, -0.25) is 0 Å².